The van der Waals surface area contributed by atoms with E-state index in [0.29, 0.717) is 29.2 Å². The molecule has 0 amide bonds. The summed E-state index contributed by atoms with van der Waals surface area (Å²) in [5.41, 5.74) is 8.46. The molecule has 0 aliphatic carbocycles. The molecule has 0 radical (unpaired) electrons. The SMILES string of the molecule is CCCOc1ccc(C2C(C#N)=C(N)Oc3cc(OC(=O)c4ccc(Br)cc4)ccc32)cc1. The molecule has 33 heavy (non-hydrogen) atoms. The Morgan fingerprint density at radius 1 is 1.09 bits per heavy atom. The molecule has 2 N–H and O–H groups in total. The van der Waals surface area contributed by atoms with E-state index in [2.05, 4.69) is 22.0 Å². The Balaban J connectivity index is 1.63. The minimum atomic E-state index is -0.487. The van der Waals surface area contributed by atoms with Crippen molar-refractivity contribution in [3.63, 3.8) is 0 Å². The number of carbonyl (C=O) groups is 1. The number of nitrogens with zero attached hydrogens (tertiary/aromatic N) is 1. The zero-order valence-electron chi connectivity index (χ0n) is 17.9. The number of benzene rings is 3. The number of esters is 1. The van der Waals surface area contributed by atoms with E-state index in [1.54, 1.807) is 42.5 Å². The van der Waals surface area contributed by atoms with E-state index >= 15 is 0 Å². The monoisotopic (exact) mass is 504 g/mol. The smallest absolute Gasteiger partial charge is 0.343 e. The van der Waals surface area contributed by atoms with Gasteiger partial charge >= 0.3 is 5.97 Å². The van der Waals surface area contributed by atoms with Crippen LogP contribution in [-0.2, 0) is 0 Å². The van der Waals surface area contributed by atoms with Crippen molar-refractivity contribution in [2.45, 2.75) is 19.3 Å². The second kappa shape index (κ2) is 9.80. The molecular weight excluding hydrogens is 484 g/mol. The molecule has 1 heterocycles. The molecule has 6 nitrogen and oxygen atoms in total. The fourth-order valence-corrected chi connectivity index (χ4v) is 3.83. The number of rotatable bonds is 6. The maximum atomic E-state index is 12.5. The van der Waals surface area contributed by atoms with Gasteiger partial charge in [-0.15, -0.1) is 0 Å². The van der Waals surface area contributed by atoms with Crippen molar-refractivity contribution >= 4 is 21.9 Å². The average molecular weight is 505 g/mol. The highest BCUT2D eigenvalue weighted by Gasteiger charge is 2.31. The third-order valence-corrected chi connectivity index (χ3v) is 5.70. The minimum absolute atomic E-state index is 0.0256. The van der Waals surface area contributed by atoms with Crippen LogP contribution < -0.4 is 19.9 Å². The topological polar surface area (TPSA) is 94.6 Å². The molecule has 3 aromatic carbocycles. The minimum Gasteiger partial charge on any atom is -0.494 e. The van der Waals surface area contributed by atoms with Gasteiger partial charge in [0.15, 0.2) is 0 Å². The fourth-order valence-electron chi connectivity index (χ4n) is 3.57. The number of ether oxygens (including phenoxy) is 3. The molecule has 0 fully saturated rings. The van der Waals surface area contributed by atoms with Gasteiger partial charge in [-0.2, -0.15) is 5.26 Å². The van der Waals surface area contributed by atoms with Crippen molar-refractivity contribution in [2.75, 3.05) is 6.61 Å². The maximum absolute atomic E-state index is 12.5. The molecule has 4 rings (SSSR count). The second-order valence-electron chi connectivity index (χ2n) is 7.44. The number of nitrogens with two attached hydrogens (primary N) is 1. The lowest BCUT2D eigenvalue weighted by Crippen LogP contribution is -2.21. The number of nitriles is 1. The van der Waals surface area contributed by atoms with E-state index in [1.165, 1.54) is 0 Å². The summed E-state index contributed by atoms with van der Waals surface area (Å²) in [4.78, 5) is 12.5. The summed E-state index contributed by atoms with van der Waals surface area (Å²) < 4.78 is 17.8. The third kappa shape index (κ3) is 4.86. The number of fused-ring (bicyclic) bond motifs is 1. The quantitative estimate of drug-likeness (QED) is 0.343. The van der Waals surface area contributed by atoms with Crippen molar-refractivity contribution in [3.05, 3.63) is 99.3 Å². The molecule has 166 valence electrons. The molecule has 0 saturated carbocycles. The zero-order valence-corrected chi connectivity index (χ0v) is 19.5. The van der Waals surface area contributed by atoms with Gasteiger partial charge in [-0.05, 0) is 54.4 Å². The summed E-state index contributed by atoms with van der Waals surface area (Å²) in [7, 11) is 0. The highest BCUT2D eigenvalue weighted by atomic mass is 79.9. The lowest BCUT2D eigenvalue weighted by Gasteiger charge is -2.26. The molecule has 0 spiro atoms. The number of carbonyl (C=O) groups excluding carboxylic acids is 1. The average Bonchev–Trinajstić information content (AvgIpc) is 2.82. The van der Waals surface area contributed by atoms with E-state index < -0.39 is 11.9 Å². The standard InChI is InChI=1S/C26H21BrN2O4/c1-2-13-31-19-9-5-16(6-10-19)24-21-12-11-20(14-23(21)33-25(29)22(24)15-28)32-26(30)17-3-7-18(27)8-4-17/h3-12,14,24H,2,13,29H2,1H3. The van der Waals surface area contributed by atoms with E-state index in [9.17, 15) is 10.1 Å². The predicted molar refractivity (Wildman–Crippen MR) is 127 cm³/mol. The van der Waals surface area contributed by atoms with Crippen LogP contribution in [0.5, 0.6) is 17.2 Å². The zero-order chi connectivity index (χ0) is 23.4. The van der Waals surface area contributed by atoms with Crippen LogP contribution in [0.1, 0.15) is 40.7 Å². The highest BCUT2D eigenvalue weighted by molar-refractivity contribution is 9.10. The van der Waals surface area contributed by atoms with Crippen LogP contribution >= 0.6 is 15.9 Å². The first kappa shape index (κ1) is 22.4. The van der Waals surface area contributed by atoms with Gasteiger partial charge < -0.3 is 19.9 Å². The van der Waals surface area contributed by atoms with Gasteiger partial charge in [0.05, 0.1) is 18.1 Å². The number of hydrogen-bond donors (Lipinski definition) is 1. The highest BCUT2D eigenvalue weighted by Crippen LogP contribution is 2.43. The van der Waals surface area contributed by atoms with Crippen LogP contribution in [0, 0.1) is 11.3 Å². The summed E-state index contributed by atoms with van der Waals surface area (Å²) in [5, 5.41) is 9.74. The van der Waals surface area contributed by atoms with Crippen molar-refractivity contribution in [3.8, 4) is 23.3 Å². The molecule has 1 aliphatic heterocycles. The van der Waals surface area contributed by atoms with Crippen molar-refractivity contribution in [1.29, 1.82) is 5.26 Å². The van der Waals surface area contributed by atoms with E-state index in [4.69, 9.17) is 19.9 Å². The molecule has 0 bridgehead atoms. The normalized spacial score (nSPS) is 14.6. The van der Waals surface area contributed by atoms with E-state index in [1.807, 2.05) is 31.2 Å². The first-order chi connectivity index (χ1) is 16.0. The lowest BCUT2D eigenvalue weighted by molar-refractivity contribution is 0.0734. The van der Waals surface area contributed by atoms with Gasteiger partial charge in [0.25, 0.3) is 0 Å². The van der Waals surface area contributed by atoms with E-state index in [-0.39, 0.29) is 5.88 Å². The Kier molecular flexibility index (Phi) is 6.66. The Morgan fingerprint density at radius 2 is 1.79 bits per heavy atom. The van der Waals surface area contributed by atoms with Gasteiger partial charge in [-0.3, -0.25) is 0 Å². The molecule has 0 saturated heterocycles. The molecule has 7 heteroatoms. The van der Waals surface area contributed by atoms with Gasteiger partial charge in [0.1, 0.15) is 28.9 Å². The number of halogens is 1. The third-order valence-electron chi connectivity index (χ3n) is 5.17. The van der Waals surface area contributed by atoms with Crippen molar-refractivity contribution < 1.29 is 19.0 Å². The second-order valence-corrected chi connectivity index (χ2v) is 8.35. The molecular formula is C26H21BrN2O4. The van der Waals surface area contributed by atoms with Crippen molar-refractivity contribution in [2.24, 2.45) is 5.73 Å². The Bertz CT molecular complexity index is 1240. The fraction of sp³-hybridized carbons (Fsp3) is 0.154. The van der Waals surface area contributed by atoms with Gasteiger partial charge in [0.2, 0.25) is 5.88 Å². The largest absolute Gasteiger partial charge is 0.494 e. The Hall–Kier alpha value is -3.76. The molecule has 1 aliphatic rings. The summed E-state index contributed by atoms with van der Waals surface area (Å²) in [5.74, 6) is 0.644. The summed E-state index contributed by atoms with van der Waals surface area (Å²) in [6, 6.07) is 21.7. The lowest BCUT2D eigenvalue weighted by atomic mass is 9.83. The van der Waals surface area contributed by atoms with E-state index in [0.717, 1.165) is 27.8 Å². The maximum Gasteiger partial charge on any atom is 0.343 e. The van der Waals surface area contributed by atoms with Gasteiger partial charge in [0, 0.05) is 16.1 Å². The van der Waals surface area contributed by atoms with Crippen LogP contribution in [0.2, 0.25) is 0 Å². The molecule has 3 aromatic rings. The number of allylic oxidation sites excluding steroid dienone is 1. The number of hydrogen-bond acceptors (Lipinski definition) is 6. The summed E-state index contributed by atoms with van der Waals surface area (Å²) in [6.45, 7) is 2.68. The van der Waals surface area contributed by atoms with Crippen molar-refractivity contribution in [1.82, 2.24) is 0 Å². The van der Waals surface area contributed by atoms with Crippen LogP contribution in [0.15, 0.2) is 82.7 Å². The molecule has 0 aromatic heterocycles. The molecule has 1 unspecified atom stereocenters. The first-order valence-electron chi connectivity index (χ1n) is 10.4. The Labute approximate surface area is 200 Å². The summed E-state index contributed by atoms with van der Waals surface area (Å²) in [6.07, 6.45) is 0.918. The van der Waals surface area contributed by atoms with Crippen LogP contribution in [-0.4, -0.2) is 12.6 Å². The summed E-state index contributed by atoms with van der Waals surface area (Å²) >= 11 is 3.34. The predicted octanol–water partition coefficient (Wildman–Crippen LogP) is 5.68. The Morgan fingerprint density at radius 3 is 2.45 bits per heavy atom. The van der Waals surface area contributed by atoms with Gasteiger partial charge in [-0.25, -0.2) is 4.79 Å². The first-order valence-corrected chi connectivity index (χ1v) is 11.2. The van der Waals surface area contributed by atoms with Crippen LogP contribution in [0.25, 0.3) is 0 Å². The molecule has 1 atom stereocenters. The van der Waals surface area contributed by atoms with Crippen LogP contribution in [0.4, 0.5) is 0 Å². The van der Waals surface area contributed by atoms with Gasteiger partial charge in [-0.1, -0.05) is 41.1 Å². The van der Waals surface area contributed by atoms with Crippen LogP contribution in [0.3, 0.4) is 0 Å².